The molecule has 1 N–H and O–H groups in total. The maximum atomic E-state index is 13.0. The lowest BCUT2D eigenvalue weighted by molar-refractivity contribution is -0.118. The Morgan fingerprint density at radius 1 is 1.24 bits per heavy atom. The van der Waals surface area contributed by atoms with E-state index in [1.54, 1.807) is 7.11 Å². The van der Waals surface area contributed by atoms with Crippen LogP contribution in [0.15, 0.2) is 40.1 Å². The van der Waals surface area contributed by atoms with Gasteiger partial charge in [0.25, 0.3) is 0 Å². The number of aryl methyl sites for hydroxylation is 1. The van der Waals surface area contributed by atoms with E-state index in [4.69, 9.17) is 9.26 Å². The van der Waals surface area contributed by atoms with Gasteiger partial charge in [-0.3, -0.25) is 4.79 Å². The molecule has 0 bridgehead atoms. The van der Waals surface area contributed by atoms with Crippen LogP contribution in [0.1, 0.15) is 49.4 Å². The van der Waals surface area contributed by atoms with Crippen molar-refractivity contribution in [3.05, 3.63) is 52.4 Å². The first kappa shape index (κ1) is 15.9. The minimum Gasteiger partial charge on any atom is -0.497 e. The van der Waals surface area contributed by atoms with Gasteiger partial charge < -0.3 is 14.6 Å². The highest BCUT2D eigenvalue weighted by Crippen LogP contribution is 2.49. The van der Waals surface area contributed by atoms with Gasteiger partial charge in [-0.15, -0.1) is 0 Å². The molecule has 2 heterocycles. The molecule has 0 saturated heterocycles. The van der Waals surface area contributed by atoms with Gasteiger partial charge in [-0.1, -0.05) is 31.1 Å². The average molecular weight is 338 g/mol. The summed E-state index contributed by atoms with van der Waals surface area (Å²) < 4.78 is 10.8. The van der Waals surface area contributed by atoms with Crippen LogP contribution in [-0.2, 0) is 4.79 Å². The number of allylic oxidation sites excluding steroid dienone is 2. The number of carbonyl (C=O) groups excluding carboxylic acids is 1. The number of aromatic nitrogens is 1. The highest BCUT2D eigenvalue weighted by molar-refractivity contribution is 6.01. The summed E-state index contributed by atoms with van der Waals surface area (Å²) in [5.74, 6) is 1.51. The van der Waals surface area contributed by atoms with Crippen LogP contribution in [0.2, 0.25) is 0 Å². The SMILES string of the molecule is COc1ccc([C@H]2C3=C(CC(C)(C)CC3=O)Nc3onc(C)c32)cc1. The van der Waals surface area contributed by atoms with E-state index in [2.05, 4.69) is 24.3 Å². The number of methoxy groups -OCH3 is 1. The Morgan fingerprint density at radius 3 is 2.64 bits per heavy atom. The molecule has 5 heteroatoms. The molecule has 1 atom stereocenters. The van der Waals surface area contributed by atoms with Gasteiger partial charge in [0, 0.05) is 23.6 Å². The summed E-state index contributed by atoms with van der Waals surface area (Å²) in [7, 11) is 1.65. The van der Waals surface area contributed by atoms with Crippen molar-refractivity contribution in [3.8, 4) is 5.75 Å². The predicted octanol–water partition coefficient (Wildman–Crippen LogP) is 4.19. The maximum absolute atomic E-state index is 13.0. The molecule has 0 amide bonds. The molecule has 2 aromatic rings. The molecular weight excluding hydrogens is 316 g/mol. The second-order valence-corrected chi connectivity index (χ2v) is 7.68. The third kappa shape index (κ3) is 2.54. The van der Waals surface area contributed by atoms with E-state index in [1.807, 2.05) is 31.2 Å². The fourth-order valence-corrected chi connectivity index (χ4v) is 4.00. The molecule has 1 aromatic heterocycles. The van der Waals surface area contributed by atoms with Crippen molar-refractivity contribution in [3.63, 3.8) is 0 Å². The van der Waals surface area contributed by atoms with Gasteiger partial charge in [0.05, 0.1) is 18.4 Å². The minimum absolute atomic E-state index is 0.0556. The highest BCUT2D eigenvalue weighted by atomic mass is 16.5. The van der Waals surface area contributed by atoms with Gasteiger partial charge in [-0.05, 0) is 36.5 Å². The predicted molar refractivity (Wildman–Crippen MR) is 94.7 cm³/mol. The molecule has 130 valence electrons. The van der Waals surface area contributed by atoms with E-state index in [1.165, 1.54) is 0 Å². The summed E-state index contributed by atoms with van der Waals surface area (Å²) in [6, 6.07) is 7.89. The van der Waals surface area contributed by atoms with E-state index in [0.717, 1.165) is 40.3 Å². The third-order valence-electron chi connectivity index (χ3n) is 5.12. The first-order chi connectivity index (χ1) is 11.9. The molecule has 1 aliphatic heterocycles. The normalized spacial score (nSPS) is 21.4. The highest BCUT2D eigenvalue weighted by Gasteiger charge is 2.42. The van der Waals surface area contributed by atoms with Crippen LogP contribution in [0.4, 0.5) is 5.88 Å². The maximum Gasteiger partial charge on any atom is 0.233 e. The van der Waals surface area contributed by atoms with Crippen LogP contribution in [0.3, 0.4) is 0 Å². The summed E-state index contributed by atoms with van der Waals surface area (Å²) in [5.41, 5.74) is 4.58. The molecule has 0 saturated carbocycles. The standard InChI is InChI=1S/C20H22N2O3/c1-11-16-17(12-5-7-13(24-4)8-6-12)18-14(21-19(16)25-22-11)9-20(2,3)10-15(18)23/h5-8,17,21H,9-10H2,1-4H3/t17-/m1/s1. The van der Waals surface area contributed by atoms with Gasteiger partial charge in [0.15, 0.2) is 5.78 Å². The minimum atomic E-state index is -0.146. The van der Waals surface area contributed by atoms with Crippen molar-refractivity contribution in [2.75, 3.05) is 12.4 Å². The van der Waals surface area contributed by atoms with Crippen LogP contribution >= 0.6 is 0 Å². The van der Waals surface area contributed by atoms with Gasteiger partial charge >= 0.3 is 0 Å². The second kappa shape index (κ2) is 5.48. The smallest absolute Gasteiger partial charge is 0.233 e. The molecular formula is C20H22N2O3. The van der Waals surface area contributed by atoms with Gasteiger partial charge in [-0.25, -0.2) is 0 Å². The third-order valence-corrected chi connectivity index (χ3v) is 5.12. The van der Waals surface area contributed by atoms with E-state index < -0.39 is 0 Å². The Morgan fingerprint density at radius 2 is 1.96 bits per heavy atom. The summed E-state index contributed by atoms with van der Waals surface area (Å²) in [6.45, 7) is 6.17. The van der Waals surface area contributed by atoms with Gasteiger partial charge in [0.1, 0.15) is 5.75 Å². The molecule has 0 spiro atoms. The second-order valence-electron chi connectivity index (χ2n) is 7.68. The van der Waals surface area contributed by atoms with E-state index in [0.29, 0.717) is 12.3 Å². The molecule has 1 aromatic carbocycles. The Balaban J connectivity index is 1.89. The number of carbonyl (C=O) groups is 1. The summed E-state index contributed by atoms with van der Waals surface area (Å²) >= 11 is 0. The lowest BCUT2D eigenvalue weighted by Crippen LogP contribution is -2.33. The van der Waals surface area contributed by atoms with Crippen molar-refractivity contribution >= 4 is 11.7 Å². The lowest BCUT2D eigenvalue weighted by Gasteiger charge is -2.37. The zero-order valence-corrected chi connectivity index (χ0v) is 15.0. The quantitative estimate of drug-likeness (QED) is 0.889. The molecule has 0 radical (unpaired) electrons. The molecule has 25 heavy (non-hydrogen) atoms. The largest absolute Gasteiger partial charge is 0.497 e. The topological polar surface area (TPSA) is 64.4 Å². The lowest BCUT2D eigenvalue weighted by atomic mass is 9.69. The number of fused-ring (bicyclic) bond motifs is 1. The number of rotatable bonds is 2. The van der Waals surface area contributed by atoms with Crippen molar-refractivity contribution in [1.82, 2.24) is 5.16 Å². The fraction of sp³-hybridized carbons (Fsp3) is 0.400. The number of Topliss-reactive ketones (excluding diaryl/α,β-unsaturated/α-hetero) is 1. The summed E-state index contributed by atoms with van der Waals surface area (Å²) in [6.07, 6.45) is 1.37. The van der Waals surface area contributed by atoms with Crippen LogP contribution in [0.25, 0.3) is 0 Å². The molecule has 0 fully saturated rings. The first-order valence-corrected chi connectivity index (χ1v) is 8.53. The Labute approximate surface area is 147 Å². The number of benzene rings is 1. The summed E-state index contributed by atoms with van der Waals surface area (Å²) in [5, 5.41) is 7.46. The zero-order valence-electron chi connectivity index (χ0n) is 15.0. The number of hydrogen-bond acceptors (Lipinski definition) is 5. The Bertz CT molecular complexity index is 875. The van der Waals surface area contributed by atoms with E-state index >= 15 is 0 Å². The van der Waals surface area contributed by atoms with Crippen molar-refractivity contribution in [2.45, 2.75) is 39.5 Å². The number of nitrogens with zero attached hydrogens (tertiary/aromatic N) is 1. The van der Waals surface area contributed by atoms with Crippen LogP contribution in [0, 0.1) is 12.3 Å². The Hall–Kier alpha value is -2.56. The monoisotopic (exact) mass is 338 g/mol. The molecule has 5 nitrogen and oxygen atoms in total. The summed E-state index contributed by atoms with van der Waals surface area (Å²) in [4.78, 5) is 13.0. The van der Waals surface area contributed by atoms with E-state index in [9.17, 15) is 4.79 Å². The van der Waals surface area contributed by atoms with Crippen molar-refractivity contribution in [1.29, 1.82) is 0 Å². The van der Waals surface area contributed by atoms with Gasteiger partial charge in [0.2, 0.25) is 5.88 Å². The molecule has 1 aliphatic carbocycles. The number of ketones is 1. The zero-order chi connectivity index (χ0) is 17.8. The van der Waals surface area contributed by atoms with Crippen molar-refractivity contribution in [2.24, 2.45) is 5.41 Å². The Kier molecular flexibility index (Phi) is 3.49. The number of ether oxygens (including phenoxy) is 1. The number of nitrogens with one attached hydrogen (secondary N) is 1. The molecule has 2 aliphatic rings. The molecule has 4 rings (SSSR count). The first-order valence-electron chi connectivity index (χ1n) is 8.53. The van der Waals surface area contributed by atoms with Crippen LogP contribution in [-0.4, -0.2) is 18.0 Å². The van der Waals surface area contributed by atoms with Crippen molar-refractivity contribution < 1.29 is 14.1 Å². The number of anilines is 1. The fourth-order valence-electron chi connectivity index (χ4n) is 4.00. The van der Waals surface area contributed by atoms with Crippen LogP contribution < -0.4 is 10.1 Å². The van der Waals surface area contributed by atoms with Crippen LogP contribution in [0.5, 0.6) is 5.75 Å². The van der Waals surface area contributed by atoms with E-state index in [-0.39, 0.29) is 17.1 Å². The molecule has 0 unspecified atom stereocenters. The van der Waals surface area contributed by atoms with Gasteiger partial charge in [-0.2, -0.15) is 0 Å². The average Bonchev–Trinajstić information content (AvgIpc) is 2.93. The number of hydrogen-bond donors (Lipinski definition) is 1.